The largest absolute Gasteiger partial charge is 0.489 e. The number of carbonyl (C=O) groups is 1. The number of hydrogen-bond acceptors (Lipinski definition) is 7. The monoisotopic (exact) mass is 516 g/mol. The molecule has 0 aromatic heterocycles. The maximum atomic E-state index is 12.3. The molecular formula is C25H32N4O4S2. The van der Waals surface area contributed by atoms with Crippen LogP contribution >= 0.6 is 11.8 Å². The minimum Gasteiger partial charge on any atom is -0.489 e. The van der Waals surface area contributed by atoms with Gasteiger partial charge in [0.1, 0.15) is 16.5 Å². The summed E-state index contributed by atoms with van der Waals surface area (Å²) in [5.74, 6) is -0.991. The molecule has 2 aromatic rings. The van der Waals surface area contributed by atoms with Gasteiger partial charge in [0.05, 0.1) is 11.8 Å². The summed E-state index contributed by atoms with van der Waals surface area (Å²) in [6.45, 7) is 8.18. The van der Waals surface area contributed by atoms with E-state index in [4.69, 9.17) is 16.2 Å². The molecule has 8 nitrogen and oxygen atoms in total. The quantitative estimate of drug-likeness (QED) is 0.264. The molecule has 1 aliphatic rings. The van der Waals surface area contributed by atoms with Crippen molar-refractivity contribution < 1.29 is 17.9 Å². The highest BCUT2D eigenvalue weighted by Gasteiger charge is 2.27. The number of benzene rings is 2. The lowest BCUT2D eigenvalue weighted by molar-refractivity contribution is -0.115. The Kier molecular flexibility index (Phi) is 8.63. The number of rotatable bonds is 9. The first kappa shape index (κ1) is 26.8. The molecule has 0 unspecified atom stereocenters. The first-order valence-electron chi connectivity index (χ1n) is 11.3. The number of thioether (sulfide) groups is 1. The molecule has 0 bridgehead atoms. The van der Waals surface area contributed by atoms with Gasteiger partial charge in [-0.2, -0.15) is 0 Å². The van der Waals surface area contributed by atoms with E-state index in [2.05, 4.69) is 16.3 Å². The highest BCUT2D eigenvalue weighted by molar-refractivity contribution is 8.22. The van der Waals surface area contributed by atoms with Gasteiger partial charge >= 0.3 is 0 Å². The average molecular weight is 517 g/mol. The first-order valence-corrected chi connectivity index (χ1v) is 13.8. The van der Waals surface area contributed by atoms with Crippen molar-refractivity contribution in [3.05, 3.63) is 65.2 Å². The third kappa shape index (κ3) is 6.87. The number of primary amides is 1. The average Bonchev–Trinajstić information content (AvgIpc) is 2.77. The summed E-state index contributed by atoms with van der Waals surface area (Å²) in [6.07, 6.45) is 2.25. The molecule has 1 amide bonds. The van der Waals surface area contributed by atoms with Crippen LogP contribution in [0.4, 0.5) is 5.69 Å². The van der Waals surface area contributed by atoms with E-state index in [-0.39, 0.29) is 6.10 Å². The van der Waals surface area contributed by atoms with Crippen LogP contribution in [0.2, 0.25) is 0 Å². The molecule has 0 saturated heterocycles. The molecule has 1 aliphatic carbocycles. The van der Waals surface area contributed by atoms with Gasteiger partial charge in [-0.25, -0.2) is 13.1 Å². The van der Waals surface area contributed by atoms with Gasteiger partial charge in [-0.1, -0.05) is 36.5 Å². The summed E-state index contributed by atoms with van der Waals surface area (Å²) in [6, 6.07) is 11.0. The van der Waals surface area contributed by atoms with Crippen molar-refractivity contribution in [3.8, 4) is 5.75 Å². The predicted molar refractivity (Wildman–Crippen MR) is 144 cm³/mol. The molecule has 35 heavy (non-hydrogen) atoms. The number of hydrogen-bond donors (Lipinski definition) is 3. The van der Waals surface area contributed by atoms with Gasteiger partial charge in [-0.05, 0) is 68.0 Å². The van der Waals surface area contributed by atoms with Crippen LogP contribution in [0.25, 0.3) is 4.91 Å². The van der Waals surface area contributed by atoms with Gasteiger partial charge in [0.2, 0.25) is 15.9 Å². The van der Waals surface area contributed by atoms with Crippen LogP contribution in [0, 0.1) is 0 Å². The summed E-state index contributed by atoms with van der Waals surface area (Å²) in [4.78, 5) is 16.4. The third-order valence-electron chi connectivity index (χ3n) is 5.50. The Morgan fingerprint density at radius 2 is 2.06 bits per heavy atom. The van der Waals surface area contributed by atoms with Gasteiger partial charge in [-0.3, -0.25) is 9.79 Å². The number of fused-ring (bicyclic) bond motifs is 1. The minimum atomic E-state index is -3.82. The predicted octanol–water partition coefficient (Wildman–Crippen LogP) is 3.62. The van der Waals surface area contributed by atoms with Crippen LogP contribution < -0.4 is 20.9 Å². The Morgan fingerprint density at radius 3 is 2.69 bits per heavy atom. The number of nitrogens with zero attached hydrogens (tertiary/aromatic N) is 1. The maximum Gasteiger partial charge on any atom is 0.234 e. The van der Waals surface area contributed by atoms with Crippen LogP contribution in [0.15, 0.2) is 48.0 Å². The number of amides is 1. The molecule has 0 heterocycles. The standard InChI is InChI=1S/C25H32N4O4S2/c1-15(2)33-23-12-11-17(13-21(23)26)25(28-4)34-16(3)18-7-5-9-20-19(18)8-6-10-22(20)29-35(31,32)14-24(27)30/h5,7,9,11-13,15,22,29H,3,6,8,10,14,26H2,1-2,4H3,(H2,27,30)/b28-25-/t22-/m0/s1. The van der Waals surface area contributed by atoms with E-state index in [9.17, 15) is 13.2 Å². The van der Waals surface area contributed by atoms with Gasteiger partial charge in [0.25, 0.3) is 0 Å². The zero-order valence-electron chi connectivity index (χ0n) is 20.2. The Balaban J connectivity index is 1.84. The molecule has 2 aromatic carbocycles. The normalized spacial score (nSPS) is 16.1. The first-order chi connectivity index (χ1) is 16.5. The molecule has 188 valence electrons. The van der Waals surface area contributed by atoms with Crippen LogP contribution in [0.3, 0.4) is 0 Å². The number of aliphatic imine (C=N–C) groups is 1. The number of sulfonamides is 1. The van der Waals surface area contributed by atoms with Crippen LogP contribution in [-0.4, -0.2) is 38.3 Å². The summed E-state index contributed by atoms with van der Waals surface area (Å²) in [7, 11) is -2.11. The SMILES string of the molecule is C=C(S/C(=N\C)c1ccc(OC(C)C)c(N)c1)c1cccc2c1CCC[C@@H]2NS(=O)(=O)CC(N)=O. The molecule has 0 fully saturated rings. The lowest BCUT2D eigenvalue weighted by Gasteiger charge is -2.28. The highest BCUT2D eigenvalue weighted by atomic mass is 32.2. The fourth-order valence-electron chi connectivity index (χ4n) is 4.13. The molecule has 0 radical (unpaired) electrons. The number of nitrogens with two attached hydrogens (primary N) is 2. The second kappa shape index (κ2) is 11.3. The smallest absolute Gasteiger partial charge is 0.234 e. The van der Waals surface area contributed by atoms with Crippen LogP contribution in [-0.2, 0) is 21.2 Å². The zero-order valence-corrected chi connectivity index (χ0v) is 21.8. The Morgan fingerprint density at radius 1 is 1.31 bits per heavy atom. The lowest BCUT2D eigenvalue weighted by Crippen LogP contribution is -2.37. The molecule has 3 rings (SSSR count). The molecule has 0 aliphatic heterocycles. The van der Waals surface area contributed by atoms with Crippen molar-refractivity contribution in [1.82, 2.24) is 4.72 Å². The Hall–Kier alpha value is -2.82. The van der Waals surface area contributed by atoms with E-state index in [0.29, 0.717) is 17.9 Å². The fourth-order valence-corrected chi connectivity index (χ4v) is 6.13. The molecule has 0 saturated carbocycles. The lowest BCUT2D eigenvalue weighted by atomic mass is 9.85. The summed E-state index contributed by atoms with van der Waals surface area (Å²) >= 11 is 1.43. The van der Waals surface area contributed by atoms with Crippen molar-refractivity contribution in [2.45, 2.75) is 45.3 Å². The second-order valence-electron chi connectivity index (χ2n) is 8.63. The van der Waals surface area contributed by atoms with E-state index in [1.807, 2.05) is 50.2 Å². The molecule has 1 atom stereocenters. The number of ether oxygens (including phenoxy) is 1. The fraction of sp³-hybridized carbons (Fsp3) is 0.360. The van der Waals surface area contributed by atoms with Gasteiger partial charge < -0.3 is 16.2 Å². The van der Waals surface area contributed by atoms with Gasteiger partial charge in [-0.15, -0.1) is 0 Å². The number of nitrogens with one attached hydrogen (secondary N) is 1. The Labute approximate surface area is 211 Å². The van der Waals surface area contributed by atoms with Crippen molar-refractivity contribution in [2.24, 2.45) is 10.7 Å². The number of carbonyl (C=O) groups excluding carboxylic acids is 1. The van der Waals surface area contributed by atoms with E-state index in [0.717, 1.165) is 45.0 Å². The molecule has 5 N–H and O–H groups in total. The van der Waals surface area contributed by atoms with Gasteiger partial charge in [0, 0.05) is 23.6 Å². The Bertz CT molecular complexity index is 1260. The third-order valence-corrected chi connectivity index (χ3v) is 7.89. The van der Waals surface area contributed by atoms with Crippen molar-refractivity contribution in [2.75, 3.05) is 18.5 Å². The number of nitrogen functional groups attached to an aromatic ring is 1. The summed E-state index contributed by atoms with van der Waals surface area (Å²) in [5.41, 5.74) is 15.5. The summed E-state index contributed by atoms with van der Waals surface area (Å²) < 4.78 is 33.0. The minimum absolute atomic E-state index is 0.0185. The second-order valence-corrected chi connectivity index (χ2v) is 11.5. The molecule has 10 heteroatoms. The van der Waals surface area contributed by atoms with Crippen molar-refractivity contribution in [1.29, 1.82) is 0 Å². The topological polar surface area (TPSA) is 137 Å². The van der Waals surface area contributed by atoms with Gasteiger partial charge in [0.15, 0.2) is 0 Å². The van der Waals surface area contributed by atoms with E-state index >= 15 is 0 Å². The van der Waals surface area contributed by atoms with E-state index in [1.54, 1.807) is 7.05 Å². The van der Waals surface area contributed by atoms with Crippen LogP contribution in [0.1, 0.15) is 55.0 Å². The van der Waals surface area contributed by atoms with E-state index < -0.39 is 27.7 Å². The molecular weight excluding hydrogens is 484 g/mol. The zero-order chi connectivity index (χ0) is 25.8. The van der Waals surface area contributed by atoms with Crippen molar-refractivity contribution in [3.63, 3.8) is 0 Å². The van der Waals surface area contributed by atoms with E-state index in [1.165, 1.54) is 11.8 Å². The molecule has 0 spiro atoms. The summed E-state index contributed by atoms with van der Waals surface area (Å²) in [5, 5.41) is 0.755. The number of anilines is 1. The highest BCUT2D eigenvalue weighted by Crippen LogP contribution is 2.39. The van der Waals surface area contributed by atoms with Crippen LogP contribution in [0.5, 0.6) is 5.75 Å². The van der Waals surface area contributed by atoms with Crippen molar-refractivity contribution >= 4 is 43.3 Å². The maximum absolute atomic E-state index is 12.3.